The number of carbonyl (C=O) groups excluding carboxylic acids is 1. The molecule has 3 rings (SSSR count). The van der Waals surface area contributed by atoms with Crippen LogP contribution >= 0.6 is 23.2 Å². The zero-order valence-corrected chi connectivity index (χ0v) is 12.6. The number of aliphatic carboxylic acids is 1. The van der Waals surface area contributed by atoms with Crippen LogP contribution in [0.2, 0.25) is 10.0 Å². The van der Waals surface area contributed by atoms with E-state index in [1.165, 1.54) is 0 Å². The van der Waals surface area contributed by atoms with E-state index < -0.39 is 11.9 Å². The number of nitrogens with one attached hydrogen (secondary N) is 1. The lowest BCUT2D eigenvalue weighted by Crippen LogP contribution is -2.40. The van der Waals surface area contributed by atoms with Crippen molar-refractivity contribution in [3.05, 3.63) is 28.2 Å². The number of rotatable bonds is 2. The van der Waals surface area contributed by atoms with E-state index in [2.05, 4.69) is 5.32 Å². The van der Waals surface area contributed by atoms with Crippen molar-refractivity contribution < 1.29 is 14.7 Å². The maximum atomic E-state index is 12.5. The van der Waals surface area contributed by atoms with Crippen molar-refractivity contribution in [2.75, 3.05) is 5.32 Å². The Kier molecular flexibility index (Phi) is 3.71. The molecule has 0 aliphatic carbocycles. The summed E-state index contributed by atoms with van der Waals surface area (Å²) in [7, 11) is 0. The van der Waals surface area contributed by atoms with Crippen LogP contribution in [0.25, 0.3) is 0 Å². The summed E-state index contributed by atoms with van der Waals surface area (Å²) in [4.78, 5) is 25.3. The second-order valence-electron chi connectivity index (χ2n) is 5.41. The number of carboxylic acid groups (broad SMARTS) is 1. The first kappa shape index (κ1) is 14.5. The number of para-hydroxylation sites is 1. The Balaban J connectivity index is 1.79. The molecule has 2 fully saturated rings. The van der Waals surface area contributed by atoms with Crippen molar-refractivity contribution in [3.63, 3.8) is 0 Å². The number of hydrogen-bond acceptors (Lipinski definition) is 2. The lowest BCUT2D eigenvalue weighted by molar-refractivity contribution is -0.142. The third kappa shape index (κ3) is 2.45. The molecule has 21 heavy (non-hydrogen) atoms. The van der Waals surface area contributed by atoms with Gasteiger partial charge in [-0.25, -0.2) is 4.79 Å². The standard InChI is InChI=1S/C14H14Cl2N2O3/c15-9-2-1-3-10(16)12(9)17-14(21)18-7-4-5-11(18)8(6-7)13(19)20/h1-3,7-8,11H,4-6H2,(H,17,21)(H,19,20). The third-order valence-electron chi connectivity index (χ3n) is 4.28. The van der Waals surface area contributed by atoms with Crippen molar-refractivity contribution in [3.8, 4) is 0 Å². The van der Waals surface area contributed by atoms with Crippen LogP contribution < -0.4 is 5.32 Å². The topological polar surface area (TPSA) is 69.6 Å². The van der Waals surface area contributed by atoms with E-state index in [0.717, 1.165) is 12.8 Å². The van der Waals surface area contributed by atoms with Crippen LogP contribution in [-0.4, -0.2) is 34.1 Å². The molecule has 2 amide bonds. The highest BCUT2D eigenvalue weighted by atomic mass is 35.5. The van der Waals surface area contributed by atoms with Crippen LogP contribution in [0.3, 0.4) is 0 Å². The Labute approximate surface area is 131 Å². The van der Waals surface area contributed by atoms with Crippen molar-refractivity contribution >= 4 is 40.9 Å². The van der Waals surface area contributed by atoms with Gasteiger partial charge in [-0.3, -0.25) is 4.79 Å². The molecular weight excluding hydrogens is 315 g/mol. The van der Waals surface area contributed by atoms with E-state index in [-0.39, 0.29) is 18.1 Å². The van der Waals surface area contributed by atoms with E-state index in [4.69, 9.17) is 23.2 Å². The molecule has 0 aromatic heterocycles. The van der Waals surface area contributed by atoms with E-state index in [1.54, 1.807) is 23.1 Å². The molecule has 2 heterocycles. The van der Waals surface area contributed by atoms with Crippen LogP contribution in [0.5, 0.6) is 0 Å². The second kappa shape index (κ2) is 5.39. The first-order chi connectivity index (χ1) is 9.99. The molecule has 1 aromatic rings. The first-order valence-electron chi connectivity index (χ1n) is 6.75. The summed E-state index contributed by atoms with van der Waals surface area (Å²) in [5.41, 5.74) is 0.365. The van der Waals surface area contributed by atoms with Gasteiger partial charge in [0.15, 0.2) is 0 Å². The highest BCUT2D eigenvalue weighted by Gasteiger charge is 2.51. The van der Waals surface area contributed by atoms with Gasteiger partial charge in [0, 0.05) is 12.1 Å². The second-order valence-corrected chi connectivity index (χ2v) is 6.23. The number of anilines is 1. The Morgan fingerprint density at radius 3 is 2.48 bits per heavy atom. The predicted molar refractivity (Wildman–Crippen MR) is 79.9 cm³/mol. The summed E-state index contributed by atoms with van der Waals surface area (Å²) in [6.07, 6.45) is 2.09. The molecule has 2 bridgehead atoms. The number of halogens is 2. The van der Waals surface area contributed by atoms with Crippen LogP contribution in [0.1, 0.15) is 19.3 Å². The van der Waals surface area contributed by atoms with Crippen LogP contribution in [0, 0.1) is 5.92 Å². The van der Waals surface area contributed by atoms with Crippen LogP contribution in [0.4, 0.5) is 10.5 Å². The smallest absolute Gasteiger partial charge is 0.322 e. The number of carbonyl (C=O) groups is 2. The summed E-state index contributed by atoms with van der Waals surface area (Å²) in [6.45, 7) is 0. The fraction of sp³-hybridized carbons (Fsp3) is 0.429. The average Bonchev–Trinajstić information content (AvgIpc) is 3.00. The van der Waals surface area contributed by atoms with E-state index >= 15 is 0 Å². The van der Waals surface area contributed by atoms with Gasteiger partial charge in [0.05, 0.1) is 21.7 Å². The Morgan fingerprint density at radius 1 is 1.24 bits per heavy atom. The van der Waals surface area contributed by atoms with Crippen molar-refractivity contribution in [2.24, 2.45) is 5.92 Å². The van der Waals surface area contributed by atoms with Gasteiger partial charge < -0.3 is 15.3 Å². The highest BCUT2D eigenvalue weighted by Crippen LogP contribution is 2.42. The van der Waals surface area contributed by atoms with Gasteiger partial charge >= 0.3 is 12.0 Å². The van der Waals surface area contributed by atoms with Gasteiger partial charge in [0.1, 0.15) is 0 Å². The SMILES string of the molecule is O=C(O)C1CC2CCC1N2C(=O)Nc1c(Cl)cccc1Cl. The summed E-state index contributed by atoms with van der Waals surface area (Å²) >= 11 is 12.1. The Hall–Kier alpha value is -1.46. The summed E-state index contributed by atoms with van der Waals surface area (Å²) in [5.74, 6) is -1.31. The third-order valence-corrected chi connectivity index (χ3v) is 4.91. The van der Waals surface area contributed by atoms with Crippen molar-refractivity contribution in [1.82, 2.24) is 4.90 Å². The highest BCUT2D eigenvalue weighted by molar-refractivity contribution is 6.39. The van der Waals surface area contributed by atoms with Gasteiger partial charge in [-0.05, 0) is 31.4 Å². The molecule has 0 spiro atoms. The maximum absolute atomic E-state index is 12.5. The summed E-state index contributed by atoms with van der Waals surface area (Å²) in [5, 5.41) is 12.6. The van der Waals surface area contributed by atoms with Crippen LogP contribution in [0.15, 0.2) is 18.2 Å². The molecule has 2 saturated heterocycles. The molecule has 2 aliphatic rings. The van der Waals surface area contributed by atoms with Crippen molar-refractivity contribution in [1.29, 1.82) is 0 Å². The minimum atomic E-state index is -0.837. The summed E-state index contributed by atoms with van der Waals surface area (Å²) in [6, 6.07) is 4.39. The molecule has 2 N–H and O–H groups in total. The van der Waals surface area contributed by atoms with E-state index in [9.17, 15) is 14.7 Å². The molecule has 112 valence electrons. The van der Waals surface area contributed by atoms with Crippen molar-refractivity contribution in [2.45, 2.75) is 31.3 Å². The molecule has 5 nitrogen and oxygen atoms in total. The zero-order chi connectivity index (χ0) is 15.1. The van der Waals surface area contributed by atoms with Gasteiger partial charge in [-0.15, -0.1) is 0 Å². The normalized spacial score (nSPS) is 27.0. The number of benzene rings is 1. The molecule has 2 aliphatic heterocycles. The van der Waals surface area contributed by atoms with E-state index in [0.29, 0.717) is 22.2 Å². The minimum absolute atomic E-state index is 0.0163. The lowest BCUT2D eigenvalue weighted by atomic mass is 9.89. The number of hydrogen-bond donors (Lipinski definition) is 2. The Bertz CT molecular complexity index is 588. The van der Waals surface area contributed by atoms with Gasteiger partial charge in [0.25, 0.3) is 0 Å². The molecule has 3 atom stereocenters. The average molecular weight is 329 g/mol. The number of fused-ring (bicyclic) bond motifs is 2. The minimum Gasteiger partial charge on any atom is -0.481 e. The Morgan fingerprint density at radius 2 is 1.90 bits per heavy atom. The number of nitrogens with zero attached hydrogens (tertiary/aromatic N) is 1. The first-order valence-corrected chi connectivity index (χ1v) is 7.50. The number of urea groups is 1. The van der Waals surface area contributed by atoms with Gasteiger partial charge in [0.2, 0.25) is 0 Å². The largest absolute Gasteiger partial charge is 0.481 e. The zero-order valence-electron chi connectivity index (χ0n) is 11.1. The number of carboxylic acids is 1. The lowest BCUT2D eigenvalue weighted by Gasteiger charge is -2.24. The predicted octanol–water partition coefficient (Wildman–Crippen LogP) is 3.46. The molecule has 0 saturated carbocycles. The monoisotopic (exact) mass is 328 g/mol. The molecular formula is C14H14Cl2N2O3. The van der Waals surface area contributed by atoms with Crippen LogP contribution in [-0.2, 0) is 4.79 Å². The fourth-order valence-corrected chi connectivity index (χ4v) is 3.85. The molecule has 1 aromatic carbocycles. The summed E-state index contributed by atoms with van der Waals surface area (Å²) < 4.78 is 0. The quantitative estimate of drug-likeness (QED) is 0.873. The number of amides is 2. The van der Waals surface area contributed by atoms with Gasteiger partial charge in [-0.2, -0.15) is 0 Å². The molecule has 7 heteroatoms. The fourth-order valence-electron chi connectivity index (χ4n) is 3.36. The maximum Gasteiger partial charge on any atom is 0.322 e. The molecule has 3 unspecified atom stereocenters. The van der Waals surface area contributed by atoms with Gasteiger partial charge in [-0.1, -0.05) is 29.3 Å². The molecule has 0 radical (unpaired) electrons. The van der Waals surface area contributed by atoms with E-state index in [1.807, 2.05) is 0 Å².